The summed E-state index contributed by atoms with van der Waals surface area (Å²) >= 11 is 0. The van der Waals surface area contributed by atoms with E-state index in [0.29, 0.717) is 0 Å². The van der Waals surface area contributed by atoms with E-state index >= 15 is 0 Å². The van der Waals surface area contributed by atoms with E-state index < -0.39 is 6.16 Å². The third-order valence-corrected chi connectivity index (χ3v) is 0.897. The maximum absolute atomic E-state index is 10.5. The largest absolute Gasteiger partial charge is 0.509 e. The number of rotatable bonds is 4. The Balaban J connectivity index is 3.19. The molecule has 0 aromatic rings. The summed E-state index contributed by atoms with van der Waals surface area (Å²) in [6, 6.07) is 0. The molecule has 0 aliphatic rings. The molecule has 1 amide bonds. The molecule has 0 radical (unpaired) electrons. The van der Waals surface area contributed by atoms with Crippen molar-refractivity contribution in [3.8, 4) is 0 Å². The highest BCUT2D eigenvalue weighted by atomic mass is 16.7. The Kier molecular flexibility index (Phi) is 5.72. The lowest BCUT2D eigenvalue weighted by molar-refractivity contribution is -0.119. The van der Waals surface area contributed by atoms with Gasteiger partial charge in [0, 0.05) is 6.92 Å². The molecule has 0 bridgehead atoms. The number of ether oxygens (including phenoxy) is 2. The Bertz CT molecular complexity index is 160. The van der Waals surface area contributed by atoms with Crippen LogP contribution in [0.3, 0.4) is 0 Å². The minimum Gasteiger partial charge on any atom is -0.432 e. The second-order valence-corrected chi connectivity index (χ2v) is 1.89. The normalized spacial score (nSPS) is 8.83. The summed E-state index contributed by atoms with van der Waals surface area (Å²) in [6.07, 6.45) is -0.831. The van der Waals surface area contributed by atoms with Crippen LogP contribution in [0.2, 0.25) is 0 Å². The monoisotopic (exact) mass is 176 g/mol. The van der Waals surface area contributed by atoms with Crippen molar-refractivity contribution in [3.63, 3.8) is 0 Å². The molecule has 0 unspecified atom stereocenters. The highest BCUT2D eigenvalue weighted by molar-refractivity contribution is 5.72. The zero-order chi connectivity index (χ0) is 9.40. The zero-order valence-corrected chi connectivity index (χ0v) is 6.83. The lowest BCUT2D eigenvalue weighted by Crippen LogP contribution is -2.26. The lowest BCUT2D eigenvalue weighted by Gasteiger charge is -2.03. The number of nitrogens with one attached hydrogen (secondary N) is 1. The fraction of sp³-hybridized carbons (Fsp3) is 0.667. The molecular formula is C6H12N2O4. The second-order valence-electron chi connectivity index (χ2n) is 1.89. The van der Waals surface area contributed by atoms with Crippen molar-refractivity contribution in [2.75, 3.05) is 19.9 Å². The summed E-state index contributed by atoms with van der Waals surface area (Å²) in [5.74, 6) is -0.175. The molecule has 12 heavy (non-hydrogen) atoms. The fourth-order valence-electron chi connectivity index (χ4n) is 0.471. The van der Waals surface area contributed by atoms with Crippen LogP contribution < -0.4 is 11.1 Å². The molecule has 70 valence electrons. The van der Waals surface area contributed by atoms with Crippen LogP contribution >= 0.6 is 0 Å². The van der Waals surface area contributed by atoms with E-state index in [1.54, 1.807) is 0 Å². The maximum atomic E-state index is 10.5. The number of hydrogen-bond acceptors (Lipinski definition) is 5. The molecule has 6 nitrogen and oxygen atoms in total. The average molecular weight is 176 g/mol. The highest BCUT2D eigenvalue weighted by Gasteiger charge is 2.00. The SMILES string of the molecule is CC(=O)NCCOC(=O)OCN. The smallest absolute Gasteiger partial charge is 0.432 e. The topological polar surface area (TPSA) is 90.6 Å². The van der Waals surface area contributed by atoms with E-state index in [1.807, 2.05) is 0 Å². The number of carbonyl (C=O) groups excluding carboxylic acids is 2. The summed E-state index contributed by atoms with van der Waals surface area (Å²) in [6.45, 7) is 1.52. The van der Waals surface area contributed by atoms with Gasteiger partial charge in [-0.3, -0.25) is 10.5 Å². The molecule has 0 rings (SSSR count). The van der Waals surface area contributed by atoms with Crippen LogP contribution in [0.5, 0.6) is 0 Å². The number of hydrogen-bond donors (Lipinski definition) is 2. The Labute approximate surface area is 70.0 Å². The van der Waals surface area contributed by atoms with Gasteiger partial charge in [0.1, 0.15) is 13.3 Å². The molecule has 0 aliphatic heterocycles. The summed E-state index contributed by atoms with van der Waals surface area (Å²) in [4.78, 5) is 20.8. The molecule has 3 N–H and O–H groups in total. The quantitative estimate of drug-likeness (QED) is 0.332. The van der Waals surface area contributed by atoms with Gasteiger partial charge in [-0.05, 0) is 0 Å². The van der Waals surface area contributed by atoms with E-state index in [9.17, 15) is 9.59 Å². The summed E-state index contributed by atoms with van der Waals surface area (Å²) in [5.41, 5.74) is 4.89. The van der Waals surface area contributed by atoms with Crippen molar-refractivity contribution >= 4 is 12.1 Å². The van der Waals surface area contributed by atoms with Crippen molar-refractivity contribution in [1.29, 1.82) is 0 Å². The van der Waals surface area contributed by atoms with Gasteiger partial charge in [0.05, 0.1) is 6.54 Å². The first-order chi connectivity index (χ1) is 5.66. The Morgan fingerprint density at radius 2 is 2.08 bits per heavy atom. The van der Waals surface area contributed by atoms with Crippen molar-refractivity contribution < 1.29 is 19.1 Å². The van der Waals surface area contributed by atoms with E-state index in [0.717, 1.165) is 0 Å². The number of nitrogens with two attached hydrogens (primary N) is 1. The van der Waals surface area contributed by atoms with Crippen LogP contribution in [0.15, 0.2) is 0 Å². The van der Waals surface area contributed by atoms with Gasteiger partial charge >= 0.3 is 6.16 Å². The van der Waals surface area contributed by atoms with Gasteiger partial charge in [0.2, 0.25) is 5.91 Å². The Hall–Kier alpha value is -1.30. The van der Waals surface area contributed by atoms with Crippen LogP contribution in [-0.4, -0.2) is 31.9 Å². The third-order valence-electron chi connectivity index (χ3n) is 0.897. The molecule has 0 saturated heterocycles. The molecule has 0 aromatic heterocycles. The first kappa shape index (κ1) is 10.7. The van der Waals surface area contributed by atoms with Gasteiger partial charge in [0.15, 0.2) is 0 Å². The minimum absolute atomic E-state index is 0.0818. The molecule has 0 aromatic carbocycles. The van der Waals surface area contributed by atoms with Crippen LogP contribution in [0.4, 0.5) is 4.79 Å². The summed E-state index contributed by atoms with van der Waals surface area (Å²) < 4.78 is 8.73. The Morgan fingerprint density at radius 3 is 2.58 bits per heavy atom. The van der Waals surface area contributed by atoms with Crippen LogP contribution in [0.25, 0.3) is 0 Å². The third kappa shape index (κ3) is 6.81. The van der Waals surface area contributed by atoms with Gasteiger partial charge in [0.25, 0.3) is 0 Å². The molecule has 0 aliphatic carbocycles. The van der Waals surface area contributed by atoms with Crippen LogP contribution in [0.1, 0.15) is 6.92 Å². The lowest BCUT2D eigenvalue weighted by atomic mass is 10.6. The van der Waals surface area contributed by atoms with Crippen molar-refractivity contribution in [2.45, 2.75) is 6.92 Å². The zero-order valence-electron chi connectivity index (χ0n) is 6.83. The van der Waals surface area contributed by atoms with Gasteiger partial charge in [-0.25, -0.2) is 4.79 Å². The first-order valence-corrected chi connectivity index (χ1v) is 3.41. The summed E-state index contributed by atoms with van der Waals surface area (Å²) in [7, 11) is 0. The molecular weight excluding hydrogens is 164 g/mol. The molecule has 0 atom stereocenters. The van der Waals surface area contributed by atoms with E-state index in [2.05, 4.69) is 14.8 Å². The number of carbonyl (C=O) groups is 2. The van der Waals surface area contributed by atoms with Gasteiger partial charge in [-0.1, -0.05) is 0 Å². The van der Waals surface area contributed by atoms with Gasteiger partial charge in [-0.15, -0.1) is 0 Å². The van der Waals surface area contributed by atoms with E-state index in [4.69, 9.17) is 5.73 Å². The van der Waals surface area contributed by atoms with E-state index in [-0.39, 0.29) is 25.8 Å². The molecule has 6 heteroatoms. The van der Waals surface area contributed by atoms with Crippen LogP contribution in [0, 0.1) is 0 Å². The standard InChI is InChI=1S/C6H12N2O4/c1-5(9)8-2-3-11-6(10)12-4-7/h2-4,7H2,1H3,(H,8,9). The van der Waals surface area contributed by atoms with Crippen LogP contribution in [-0.2, 0) is 14.3 Å². The van der Waals surface area contributed by atoms with Gasteiger partial charge < -0.3 is 14.8 Å². The van der Waals surface area contributed by atoms with Gasteiger partial charge in [-0.2, -0.15) is 0 Å². The molecule has 0 spiro atoms. The molecule has 0 fully saturated rings. The Morgan fingerprint density at radius 1 is 1.42 bits per heavy atom. The van der Waals surface area contributed by atoms with Crippen molar-refractivity contribution in [1.82, 2.24) is 5.32 Å². The molecule has 0 saturated carbocycles. The minimum atomic E-state index is -0.831. The first-order valence-electron chi connectivity index (χ1n) is 3.41. The van der Waals surface area contributed by atoms with E-state index in [1.165, 1.54) is 6.92 Å². The number of amides is 1. The maximum Gasteiger partial charge on any atom is 0.509 e. The highest BCUT2D eigenvalue weighted by Crippen LogP contribution is 1.81. The molecule has 0 heterocycles. The predicted molar refractivity (Wildman–Crippen MR) is 40.2 cm³/mol. The summed E-state index contributed by atoms with van der Waals surface area (Å²) in [5, 5.41) is 2.44. The second kappa shape index (κ2) is 6.41. The average Bonchev–Trinajstić information content (AvgIpc) is 1.98. The van der Waals surface area contributed by atoms with Crippen molar-refractivity contribution in [3.05, 3.63) is 0 Å². The predicted octanol–water partition coefficient (Wildman–Crippen LogP) is -0.808. The van der Waals surface area contributed by atoms with Crippen molar-refractivity contribution in [2.24, 2.45) is 5.73 Å². The fourth-order valence-corrected chi connectivity index (χ4v) is 0.471.